The van der Waals surface area contributed by atoms with Crippen LogP contribution in [-0.2, 0) is 11.3 Å². The Morgan fingerprint density at radius 1 is 1.40 bits per heavy atom. The number of hydrogen-bond acceptors (Lipinski definition) is 3. The Hall–Kier alpha value is -2.67. The highest BCUT2D eigenvalue weighted by Gasteiger charge is 2.12. The summed E-state index contributed by atoms with van der Waals surface area (Å²) in [5.41, 5.74) is 1.60. The van der Waals surface area contributed by atoms with E-state index in [2.05, 4.69) is 16.6 Å². The molecule has 1 amide bonds. The number of benzene rings is 1. The molecule has 1 unspecified atom stereocenters. The Morgan fingerprint density at radius 3 is 2.95 bits per heavy atom. The smallest absolute Gasteiger partial charge is 0.242 e. The van der Waals surface area contributed by atoms with Crippen LogP contribution in [-0.4, -0.2) is 11.9 Å². The highest BCUT2D eigenvalue weighted by Crippen LogP contribution is 2.11. The van der Waals surface area contributed by atoms with Crippen LogP contribution in [0.4, 0.5) is 5.69 Å². The van der Waals surface area contributed by atoms with E-state index in [1.165, 1.54) is 0 Å². The molecule has 0 radical (unpaired) electrons. The first-order chi connectivity index (χ1) is 9.69. The molecule has 0 aliphatic heterocycles. The number of hydrogen-bond donors (Lipinski definition) is 2. The monoisotopic (exact) mass is 268 g/mol. The molecule has 0 saturated carbocycles. The predicted octanol–water partition coefficient (Wildman–Crippen LogP) is 2.38. The minimum absolute atomic E-state index is 0.104. The van der Waals surface area contributed by atoms with Crippen molar-refractivity contribution in [1.82, 2.24) is 5.32 Å². The van der Waals surface area contributed by atoms with Crippen molar-refractivity contribution in [3.8, 4) is 12.3 Å². The highest BCUT2D eigenvalue weighted by molar-refractivity contribution is 5.84. The predicted molar refractivity (Wildman–Crippen MR) is 78.0 cm³/mol. The van der Waals surface area contributed by atoms with Gasteiger partial charge in [-0.3, -0.25) is 4.79 Å². The summed E-state index contributed by atoms with van der Waals surface area (Å²) in [7, 11) is 0. The third kappa shape index (κ3) is 3.66. The molecule has 102 valence electrons. The third-order valence-corrected chi connectivity index (χ3v) is 2.82. The van der Waals surface area contributed by atoms with E-state index in [1.807, 2.05) is 30.3 Å². The summed E-state index contributed by atoms with van der Waals surface area (Å²) in [5.74, 6) is 3.18. The Kier molecular flexibility index (Phi) is 4.46. The molecule has 20 heavy (non-hydrogen) atoms. The Balaban J connectivity index is 1.88. The van der Waals surface area contributed by atoms with Gasteiger partial charge in [0, 0.05) is 11.3 Å². The first kappa shape index (κ1) is 13.8. The number of carbonyl (C=O) groups is 1. The summed E-state index contributed by atoms with van der Waals surface area (Å²) in [5, 5.41) is 5.91. The van der Waals surface area contributed by atoms with Gasteiger partial charge in [0.25, 0.3) is 0 Å². The standard InChI is InChI=1S/C16H16N2O2/c1-3-13-6-4-7-14(10-13)18-12(2)16(19)17-11-15-8-5-9-20-15/h1,4-10,12,18H,11H2,2H3,(H,17,19). The molecule has 1 aromatic carbocycles. The van der Waals surface area contributed by atoms with Gasteiger partial charge in [-0.25, -0.2) is 0 Å². The van der Waals surface area contributed by atoms with E-state index in [-0.39, 0.29) is 11.9 Å². The molecule has 2 N–H and O–H groups in total. The molecule has 4 heteroatoms. The lowest BCUT2D eigenvalue weighted by Gasteiger charge is -2.15. The van der Waals surface area contributed by atoms with Gasteiger partial charge < -0.3 is 15.1 Å². The molecule has 1 aromatic heterocycles. The van der Waals surface area contributed by atoms with Crippen molar-refractivity contribution in [2.75, 3.05) is 5.32 Å². The molecular weight excluding hydrogens is 252 g/mol. The number of anilines is 1. The summed E-state index contributed by atoms with van der Waals surface area (Å²) in [6.45, 7) is 2.17. The molecule has 0 saturated heterocycles. The van der Waals surface area contributed by atoms with Gasteiger partial charge >= 0.3 is 0 Å². The zero-order chi connectivity index (χ0) is 14.4. The van der Waals surface area contributed by atoms with Crippen molar-refractivity contribution in [1.29, 1.82) is 0 Å². The van der Waals surface area contributed by atoms with Gasteiger partial charge in [0.1, 0.15) is 11.8 Å². The van der Waals surface area contributed by atoms with Crippen LogP contribution in [0.5, 0.6) is 0 Å². The lowest BCUT2D eigenvalue weighted by Crippen LogP contribution is -2.37. The molecule has 4 nitrogen and oxygen atoms in total. The van der Waals surface area contributed by atoms with Crippen molar-refractivity contribution in [2.45, 2.75) is 19.5 Å². The van der Waals surface area contributed by atoms with Crippen molar-refractivity contribution < 1.29 is 9.21 Å². The zero-order valence-electron chi connectivity index (χ0n) is 11.2. The van der Waals surface area contributed by atoms with Crippen LogP contribution >= 0.6 is 0 Å². The average molecular weight is 268 g/mol. The van der Waals surface area contributed by atoms with Crippen LogP contribution < -0.4 is 10.6 Å². The quantitative estimate of drug-likeness (QED) is 0.819. The SMILES string of the molecule is C#Cc1cccc(NC(C)C(=O)NCc2ccco2)c1. The first-order valence-electron chi connectivity index (χ1n) is 6.32. The van der Waals surface area contributed by atoms with Crippen LogP contribution in [0.3, 0.4) is 0 Å². The lowest BCUT2D eigenvalue weighted by atomic mass is 10.2. The number of furan rings is 1. The van der Waals surface area contributed by atoms with Crippen LogP contribution in [0.25, 0.3) is 0 Å². The van der Waals surface area contributed by atoms with Gasteiger partial charge in [0.2, 0.25) is 5.91 Å². The second-order valence-corrected chi connectivity index (χ2v) is 4.39. The number of carbonyl (C=O) groups excluding carboxylic acids is 1. The molecule has 2 rings (SSSR count). The third-order valence-electron chi connectivity index (χ3n) is 2.82. The zero-order valence-corrected chi connectivity index (χ0v) is 11.2. The van der Waals surface area contributed by atoms with Crippen molar-refractivity contribution in [3.63, 3.8) is 0 Å². The molecule has 0 fully saturated rings. The minimum atomic E-state index is -0.363. The second kappa shape index (κ2) is 6.48. The average Bonchev–Trinajstić information content (AvgIpc) is 2.98. The van der Waals surface area contributed by atoms with E-state index in [0.29, 0.717) is 6.54 Å². The van der Waals surface area contributed by atoms with E-state index in [4.69, 9.17) is 10.8 Å². The lowest BCUT2D eigenvalue weighted by molar-refractivity contribution is -0.121. The van der Waals surface area contributed by atoms with E-state index in [9.17, 15) is 4.79 Å². The number of nitrogens with one attached hydrogen (secondary N) is 2. The first-order valence-corrected chi connectivity index (χ1v) is 6.32. The number of amides is 1. The van der Waals surface area contributed by atoms with Gasteiger partial charge in [0.05, 0.1) is 12.8 Å². The van der Waals surface area contributed by atoms with Crippen molar-refractivity contribution >= 4 is 11.6 Å². The van der Waals surface area contributed by atoms with E-state index in [1.54, 1.807) is 19.3 Å². The number of rotatable bonds is 5. The molecule has 0 bridgehead atoms. The van der Waals surface area contributed by atoms with E-state index in [0.717, 1.165) is 17.0 Å². The molecular formula is C16H16N2O2. The fourth-order valence-corrected chi connectivity index (χ4v) is 1.75. The fraction of sp³-hybridized carbons (Fsp3) is 0.188. The molecule has 0 spiro atoms. The van der Waals surface area contributed by atoms with Crippen LogP contribution in [0, 0.1) is 12.3 Å². The maximum absolute atomic E-state index is 11.9. The Labute approximate surface area is 118 Å². The molecule has 0 aliphatic carbocycles. The van der Waals surface area contributed by atoms with Crippen LogP contribution in [0.1, 0.15) is 18.2 Å². The van der Waals surface area contributed by atoms with Crippen LogP contribution in [0.15, 0.2) is 47.1 Å². The highest BCUT2D eigenvalue weighted by atomic mass is 16.3. The van der Waals surface area contributed by atoms with E-state index < -0.39 is 0 Å². The minimum Gasteiger partial charge on any atom is -0.467 e. The Morgan fingerprint density at radius 2 is 2.25 bits per heavy atom. The van der Waals surface area contributed by atoms with Gasteiger partial charge in [-0.1, -0.05) is 12.0 Å². The maximum atomic E-state index is 11.9. The fourth-order valence-electron chi connectivity index (χ4n) is 1.75. The summed E-state index contributed by atoms with van der Waals surface area (Å²) in [4.78, 5) is 11.9. The van der Waals surface area contributed by atoms with Crippen molar-refractivity contribution in [3.05, 3.63) is 54.0 Å². The largest absolute Gasteiger partial charge is 0.467 e. The van der Waals surface area contributed by atoms with Crippen LogP contribution in [0.2, 0.25) is 0 Å². The normalized spacial score (nSPS) is 11.4. The maximum Gasteiger partial charge on any atom is 0.242 e. The summed E-state index contributed by atoms with van der Waals surface area (Å²) in [6.07, 6.45) is 6.92. The Bertz CT molecular complexity index is 612. The van der Waals surface area contributed by atoms with Gasteiger partial charge in [0.15, 0.2) is 0 Å². The van der Waals surface area contributed by atoms with Gasteiger partial charge in [-0.15, -0.1) is 6.42 Å². The molecule has 0 aliphatic rings. The van der Waals surface area contributed by atoms with E-state index >= 15 is 0 Å². The van der Waals surface area contributed by atoms with Gasteiger partial charge in [-0.05, 0) is 37.3 Å². The molecule has 1 atom stereocenters. The molecule has 2 aromatic rings. The van der Waals surface area contributed by atoms with Crippen molar-refractivity contribution in [2.24, 2.45) is 0 Å². The topological polar surface area (TPSA) is 54.3 Å². The summed E-state index contributed by atoms with van der Waals surface area (Å²) < 4.78 is 5.15. The number of terminal acetylenes is 1. The molecule has 1 heterocycles. The summed E-state index contributed by atoms with van der Waals surface area (Å²) in [6, 6.07) is 10.6. The van der Waals surface area contributed by atoms with Gasteiger partial charge in [-0.2, -0.15) is 0 Å². The summed E-state index contributed by atoms with van der Waals surface area (Å²) >= 11 is 0. The second-order valence-electron chi connectivity index (χ2n) is 4.39.